The first kappa shape index (κ1) is 13.8. The number of carbonyl (C=O) groups is 1. The molecule has 2 rings (SSSR count). The fraction of sp³-hybridized carbons (Fsp3) is 0.929. The molecule has 2 aliphatic rings. The first-order valence-corrected chi connectivity index (χ1v) is 7.46. The van der Waals surface area contributed by atoms with Gasteiger partial charge in [0.2, 0.25) is 5.91 Å². The molecule has 104 valence electrons. The predicted molar refractivity (Wildman–Crippen MR) is 71.4 cm³/mol. The van der Waals surface area contributed by atoms with Gasteiger partial charge in [-0.2, -0.15) is 0 Å². The number of amides is 1. The van der Waals surface area contributed by atoms with Gasteiger partial charge in [0.1, 0.15) is 0 Å². The smallest absolute Gasteiger partial charge is 0.224 e. The minimum Gasteiger partial charge on any atom is -0.378 e. The average molecular weight is 254 g/mol. The molecule has 0 aromatic carbocycles. The van der Waals surface area contributed by atoms with Gasteiger partial charge >= 0.3 is 0 Å². The van der Waals surface area contributed by atoms with Gasteiger partial charge in [-0.05, 0) is 38.6 Å². The van der Waals surface area contributed by atoms with Gasteiger partial charge in [-0.1, -0.05) is 12.8 Å². The number of ether oxygens (including phenoxy) is 1. The van der Waals surface area contributed by atoms with Crippen LogP contribution in [0.2, 0.25) is 0 Å². The molecule has 2 N–H and O–H groups in total. The van der Waals surface area contributed by atoms with Gasteiger partial charge < -0.3 is 15.4 Å². The third kappa shape index (κ3) is 4.58. The highest BCUT2D eigenvalue weighted by Crippen LogP contribution is 2.20. The van der Waals surface area contributed by atoms with Gasteiger partial charge in [0.05, 0.1) is 12.0 Å². The molecule has 0 spiro atoms. The molecule has 0 bridgehead atoms. The maximum Gasteiger partial charge on any atom is 0.224 e. The lowest BCUT2D eigenvalue weighted by Crippen LogP contribution is -2.40. The van der Waals surface area contributed by atoms with E-state index in [-0.39, 0.29) is 11.8 Å². The normalized spacial score (nSPS) is 25.2. The van der Waals surface area contributed by atoms with E-state index in [9.17, 15) is 4.79 Å². The number of hydrogen-bond acceptors (Lipinski definition) is 3. The Bertz CT molecular complexity index is 246. The number of piperidine rings is 1. The first-order valence-electron chi connectivity index (χ1n) is 7.46. The van der Waals surface area contributed by atoms with E-state index in [1.54, 1.807) is 0 Å². The Morgan fingerprint density at radius 2 is 2.06 bits per heavy atom. The largest absolute Gasteiger partial charge is 0.378 e. The molecule has 1 saturated heterocycles. The Morgan fingerprint density at radius 1 is 1.22 bits per heavy atom. The Kier molecular flexibility index (Phi) is 5.94. The third-order valence-corrected chi connectivity index (χ3v) is 3.94. The molecule has 0 radical (unpaired) electrons. The third-order valence-electron chi connectivity index (χ3n) is 3.94. The van der Waals surface area contributed by atoms with Crippen LogP contribution < -0.4 is 10.6 Å². The van der Waals surface area contributed by atoms with Crippen molar-refractivity contribution in [3.8, 4) is 0 Å². The monoisotopic (exact) mass is 254 g/mol. The van der Waals surface area contributed by atoms with Gasteiger partial charge in [-0.25, -0.2) is 0 Å². The summed E-state index contributed by atoms with van der Waals surface area (Å²) in [6.07, 6.45) is 8.64. The number of carbonyl (C=O) groups excluding carboxylic acids is 1. The van der Waals surface area contributed by atoms with Gasteiger partial charge in [0, 0.05) is 19.7 Å². The van der Waals surface area contributed by atoms with Crippen molar-refractivity contribution in [2.45, 2.75) is 51.0 Å². The fourth-order valence-electron chi connectivity index (χ4n) is 2.81. The molecule has 4 heteroatoms. The van der Waals surface area contributed by atoms with Crippen LogP contribution in [0.25, 0.3) is 0 Å². The number of nitrogens with one attached hydrogen (secondary N) is 2. The zero-order valence-corrected chi connectivity index (χ0v) is 11.2. The van der Waals surface area contributed by atoms with E-state index in [0.29, 0.717) is 6.10 Å². The molecule has 0 aromatic rings. The van der Waals surface area contributed by atoms with Crippen molar-refractivity contribution in [3.05, 3.63) is 0 Å². The van der Waals surface area contributed by atoms with Crippen molar-refractivity contribution < 1.29 is 9.53 Å². The lowest BCUT2D eigenvalue weighted by Gasteiger charge is -2.21. The Balaban J connectivity index is 1.48. The van der Waals surface area contributed by atoms with E-state index in [2.05, 4.69) is 10.6 Å². The van der Waals surface area contributed by atoms with E-state index >= 15 is 0 Å². The van der Waals surface area contributed by atoms with Crippen LogP contribution in [-0.4, -0.2) is 38.3 Å². The van der Waals surface area contributed by atoms with Crippen LogP contribution >= 0.6 is 0 Å². The molecule has 1 aliphatic heterocycles. The molecule has 1 saturated carbocycles. The van der Waals surface area contributed by atoms with E-state index < -0.39 is 0 Å². The highest BCUT2D eigenvalue weighted by molar-refractivity contribution is 5.78. The summed E-state index contributed by atoms with van der Waals surface area (Å²) >= 11 is 0. The van der Waals surface area contributed by atoms with Gasteiger partial charge in [-0.15, -0.1) is 0 Å². The quantitative estimate of drug-likeness (QED) is 0.705. The molecule has 1 unspecified atom stereocenters. The summed E-state index contributed by atoms with van der Waals surface area (Å²) in [5.41, 5.74) is 0. The summed E-state index contributed by atoms with van der Waals surface area (Å²) in [4.78, 5) is 11.8. The highest BCUT2D eigenvalue weighted by Gasteiger charge is 2.20. The molecular weight excluding hydrogens is 228 g/mol. The van der Waals surface area contributed by atoms with E-state index in [1.807, 2.05) is 0 Å². The van der Waals surface area contributed by atoms with Crippen LogP contribution in [0, 0.1) is 5.92 Å². The van der Waals surface area contributed by atoms with E-state index in [1.165, 1.54) is 25.7 Å². The topological polar surface area (TPSA) is 50.4 Å². The zero-order chi connectivity index (χ0) is 12.6. The molecule has 1 aliphatic carbocycles. The van der Waals surface area contributed by atoms with Gasteiger partial charge in [-0.3, -0.25) is 4.79 Å². The number of hydrogen-bond donors (Lipinski definition) is 2. The Labute approximate surface area is 110 Å². The Morgan fingerprint density at radius 3 is 2.78 bits per heavy atom. The van der Waals surface area contributed by atoms with Crippen molar-refractivity contribution in [2.24, 2.45) is 5.92 Å². The average Bonchev–Trinajstić information content (AvgIpc) is 2.92. The summed E-state index contributed by atoms with van der Waals surface area (Å²) < 4.78 is 5.77. The van der Waals surface area contributed by atoms with Crippen molar-refractivity contribution in [2.75, 3.05) is 26.2 Å². The molecule has 18 heavy (non-hydrogen) atoms. The Hall–Kier alpha value is -0.610. The molecule has 1 heterocycles. The van der Waals surface area contributed by atoms with E-state index in [0.717, 1.165) is 45.5 Å². The fourth-order valence-corrected chi connectivity index (χ4v) is 2.81. The second-order valence-electron chi connectivity index (χ2n) is 5.47. The summed E-state index contributed by atoms with van der Waals surface area (Å²) in [5.74, 6) is 0.387. The maximum atomic E-state index is 11.8. The lowest BCUT2D eigenvalue weighted by atomic mass is 9.99. The number of rotatable bonds is 6. The SMILES string of the molecule is O=C(NCCCOC1CCCC1)C1CCCNC1. The second-order valence-corrected chi connectivity index (χ2v) is 5.47. The lowest BCUT2D eigenvalue weighted by molar-refractivity contribution is -0.125. The van der Waals surface area contributed by atoms with Crippen LogP contribution in [0.5, 0.6) is 0 Å². The zero-order valence-electron chi connectivity index (χ0n) is 11.2. The molecule has 0 aromatic heterocycles. The van der Waals surface area contributed by atoms with Gasteiger partial charge in [0.15, 0.2) is 0 Å². The van der Waals surface area contributed by atoms with E-state index in [4.69, 9.17) is 4.74 Å². The van der Waals surface area contributed by atoms with Crippen molar-refractivity contribution in [1.29, 1.82) is 0 Å². The summed E-state index contributed by atoms with van der Waals surface area (Å²) in [6, 6.07) is 0. The summed E-state index contributed by atoms with van der Waals surface area (Å²) in [5, 5.41) is 6.29. The minimum atomic E-state index is 0.175. The standard InChI is InChI=1S/C14H26N2O2/c17-14(12-5-3-8-15-11-12)16-9-4-10-18-13-6-1-2-7-13/h12-13,15H,1-11H2,(H,16,17). The predicted octanol–water partition coefficient (Wildman–Crippen LogP) is 1.45. The molecule has 1 atom stereocenters. The van der Waals surface area contributed by atoms with Crippen LogP contribution in [0.3, 0.4) is 0 Å². The first-order chi connectivity index (χ1) is 8.86. The molecular formula is C14H26N2O2. The molecule has 2 fully saturated rings. The van der Waals surface area contributed by atoms with Crippen molar-refractivity contribution in [1.82, 2.24) is 10.6 Å². The van der Waals surface area contributed by atoms with Crippen LogP contribution in [0.4, 0.5) is 0 Å². The maximum absolute atomic E-state index is 11.8. The van der Waals surface area contributed by atoms with Gasteiger partial charge in [0.25, 0.3) is 0 Å². The van der Waals surface area contributed by atoms with Crippen molar-refractivity contribution in [3.63, 3.8) is 0 Å². The molecule has 4 nitrogen and oxygen atoms in total. The highest BCUT2D eigenvalue weighted by atomic mass is 16.5. The van der Waals surface area contributed by atoms with Crippen LogP contribution in [0.15, 0.2) is 0 Å². The summed E-state index contributed by atoms with van der Waals surface area (Å²) in [7, 11) is 0. The van der Waals surface area contributed by atoms with Crippen LogP contribution in [0.1, 0.15) is 44.9 Å². The second kappa shape index (κ2) is 7.74. The van der Waals surface area contributed by atoms with Crippen molar-refractivity contribution >= 4 is 5.91 Å². The van der Waals surface area contributed by atoms with Crippen LogP contribution in [-0.2, 0) is 9.53 Å². The molecule has 1 amide bonds. The summed E-state index contributed by atoms with van der Waals surface area (Å²) in [6.45, 7) is 3.43. The minimum absolute atomic E-state index is 0.175.